The van der Waals surface area contributed by atoms with E-state index in [1.54, 1.807) is 6.20 Å². The molecule has 0 radical (unpaired) electrons. The summed E-state index contributed by atoms with van der Waals surface area (Å²) in [6, 6.07) is 11.2. The monoisotopic (exact) mass is 289 g/mol. The van der Waals surface area contributed by atoms with E-state index in [0.29, 0.717) is 6.42 Å². The van der Waals surface area contributed by atoms with Crippen LogP contribution in [0.25, 0.3) is 0 Å². The third kappa shape index (κ3) is 3.01. The summed E-state index contributed by atoms with van der Waals surface area (Å²) in [7, 11) is 0. The van der Waals surface area contributed by atoms with Gasteiger partial charge in [0, 0.05) is 21.9 Å². The minimum Gasteiger partial charge on any atom is -0.294 e. The van der Waals surface area contributed by atoms with Gasteiger partial charge < -0.3 is 0 Å². The Morgan fingerprint density at radius 2 is 2.12 bits per heavy atom. The molecule has 0 aliphatic carbocycles. The van der Waals surface area contributed by atoms with Crippen molar-refractivity contribution in [1.29, 1.82) is 0 Å². The van der Waals surface area contributed by atoms with Crippen LogP contribution in [-0.2, 0) is 6.42 Å². The Kier molecular flexibility index (Phi) is 3.69. The molecular formula is C14H12BrNO. The van der Waals surface area contributed by atoms with Crippen molar-refractivity contribution in [3.8, 4) is 0 Å². The first-order chi connectivity index (χ1) is 8.16. The van der Waals surface area contributed by atoms with Crippen LogP contribution in [0.2, 0.25) is 0 Å². The normalized spacial score (nSPS) is 10.2. The second-order valence-electron chi connectivity index (χ2n) is 3.88. The number of hydrogen-bond acceptors (Lipinski definition) is 2. The van der Waals surface area contributed by atoms with Gasteiger partial charge in [0.2, 0.25) is 0 Å². The van der Waals surface area contributed by atoms with Crippen LogP contribution in [0.15, 0.2) is 47.1 Å². The van der Waals surface area contributed by atoms with Gasteiger partial charge in [-0.05, 0) is 36.8 Å². The maximum atomic E-state index is 12.0. The largest absolute Gasteiger partial charge is 0.294 e. The molecule has 86 valence electrons. The van der Waals surface area contributed by atoms with E-state index in [9.17, 15) is 4.79 Å². The summed E-state index contributed by atoms with van der Waals surface area (Å²) in [5.74, 6) is 0.0966. The predicted octanol–water partition coefficient (Wildman–Crippen LogP) is 3.58. The van der Waals surface area contributed by atoms with Crippen molar-refractivity contribution in [2.75, 3.05) is 0 Å². The first-order valence-corrected chi connectivity index (χ1v) is 6.15. The Morgan fingerprint density at radius 3 is 2.76 bits per heavy atom. The standard InChI is InChI=1S/C14H12BrNO/c1-10-8-11(5-6-13(10)15)14(17)9-12-4-2-3-7-16-12/h2-8H,9H2,1H3. The molecule has 1 heterocycles. The summed E-state index contributed by atoms with van der Waals surface area (Å²) in [4.78, 5) is 16.2. The zero-order chi connectivity index (χ0) is 12.3. The second-order valence-corrected chi connectivity index (χ2v) is 4.74. The zero-order valence-corrected chi connectivity index (χ0v) is 11.1. The maximum absolute atomic E-state index is 12.0. The van der Waals surface area contributed by atoms with Crippen LogP contribution in [0, 0.1) is 6.92 Å². The lowest BCUT2D eigenvalue weighted by atomic mass is 10.0. The van der Waals surface area contributed by atoms with E-state index in [0.717, 1.165) is 21.3 Å². The predicted molar refractivity (Wildman–Crippen MR) is 71.2 cm³/mol. The molecule has 0 fully saturated rings. The number of halogens is 1. The highest BCUT2D eigenvalue weighted by molar-refractivity contribution is 9.10. The lowest BCUT2D eigenvalue weighted by molar-refractivity contribution is 0.0992. The Labute approximate surface area is 109 Å². The molecule has 0 saturated heterocycles. The fraction of sp³-hybridized carbons (Fsp3) is 0.143. The van der Waals surface area contributed by atoms with Crippen molar-refractivity contribution < 1.29 is 4.79 Å². The highest BCUT2D eigenvalue weighted by Gasteiger charge is 2.08. The molecule has 2 rings (SSSR count). The molecule has 2 nitrogen and oxygen atoms in total. The topological polar surface area (TPSA) is 30.0 Å². The fourth-order valence-electron chi connectivity index (χ4n) is 1.59. The van der Waals surface area contributed by atoms with Gasteiger partial charge in [-0.25, -0.2) is 0 Å². The number of benzene rings is 1. The Hall–Kier alpha value is -1.48. The molecule has 3 heteroatoms. The van der Waals surface area contributed by atoms with Gasteiger partial charge in [0.25, 0.3) is 0 Å². The van der Waals surface area contributed by atoms with Crippen LogP contribution in [0.5, 0.6) is 0 Å². The van der Waals surface area contributed by atoms with Crippen LogP contribution in [-0.4, -0.2) is 10.8 Å². The number of aromatic nitrogens is 1. The third-order valence-corrected chi connectivity index (χ3v) is 3.44. The van der Waals surface area contributed by atoms with E-state index in [1.165, 1.54) is 0 Å². The van der Waals surface area contributed by atoms with E-state index in [1.807, 2.05) is 43.3 Å². The first-order valence-electron chi connectivity index (χ1n) is 5.36. The number of nitrogens with zero attached hydrogens (tertiary/aromatic N) is 1. The fourth-order valence-corrected chi connectivity index (χ4v) is 1.83. The molecule has 17 heavy (non-hydrogen) atoms. The summed E-state index contributed by atoms with van der Waals surface area (Å²) < 4.78 is 1.02. The van der Waals surface area contributed by atoms with Crippen molar-refractivity contribution in [2.24, 2.45) is 0 Å². The average Bonchev–Trinajstić information content (AvgIpc) is 2.34. The average molecular weight is 290 g/mol. The Bertz CT molecular complexity index is 537. The summed E-state index contributed by atoms with van der Waals surface area (Å²) in [5.41, 5.74) is 2.60. The quantitative estimate of drug-likeness (QED) is 0.809. The molecular weight excluding hydrogens is 278 g/mol. The smallest absolute Gasteiger partial charge is 0.168 e. The molecule has 0 N–H and O–H groups in total. The Balaban J connectivity index is 2.18. The lowest BCUT2D eigenvalue weighted by Gasteiger charge is -2.03. The summed E-state index contributed by atoms with van der Waals surface area (Å²) >= 11 is 3.42. The summed E-state index contributed by atoms with van der Waals surface area (Å²) in [6.45, 7) is 1.97. The number of rotatable bonds is 3. The molecule has 0 aliphatic rings. The SMILES string of the molecule is Cc1cc(C(=O)Cc2ccccn2)ccc1Br. The van der Waals surface area contributed by atoms with E-state index in [-0.39, 0.29) is 5.78 Å². The molecule has 0 bridgehead atoms. The lowest BCUT2D eigenvalue weighted by Crippen LogP contribution is -2.05. The van der Waals surface area contributed by atoms with Gasteiger partial charge in [0.1, 0.15) is 0 Å². The number of Topliss-reactive ketones (excluding diaryl/α,β-unsaturated/α-hetero) is 1. The van der Waals surface area contributed by atoms with Gasteiger partial charge in [-0.15, -0.1) is 0 Å². The minimum absolute atomic E-state index is 0.0966. The van der Waals surface area contributed by atoms with Crippen molar-refractivity contribution in [3.63, 3.8) is 0 Å². The van der Waals surface area contributed by atoms with E-state index < -0.39 is 0 Å². The summed E-state index contributed by atoms with van der Waals surface area (Å²) in [5, 5.41) is 0. The number of ketones is 1. The van der Waals surface area contributed by atoms with Crippen LogP contribution >= 0.6 is 15.9 Å². The number of carbonyl (C=O) groups excluding carboxylic acids is 1. The number of pyridine rings is 1. The van der Waals surface area contributed by atoms with E-state index >= 15 is 0 Å². The molecule has 1 aromatic heterocycles. The van der Waals surface area contributed by atoms with Gasteiger partial charge in [-0.3, -0.25) is 9.78 Å². The number of carbonyl (C=O) groups is 1. The zero-order valence-electron chi connectivity index (χ0n) is 9.48. The molecule has 2 aromatic rings. The molecule has 0 saturated carbocycles. The van der Waals surface area contributed by atoms with Gasteiger partial charge in [-0.2, -0.15) is 0 Å². The van der Waals surface area contributed by atoms with Crippen LogP contribution < -0.4 is 0 Å². The van der Waals surface area contributed by atoms with Crippen molar-refractivity contribution in [2.45, 2.75) is 13.3 Å². The van der Waals surface area contributed by atoms with Crippen molar-refractivity contribution in [3.05, 3.63) is 63.9 Å². The number of hydrogen-bond donors (Lipinski definition) is 0. The van der Waals surface area contributed by atoms with Crippen LogP contribution in [0.3, 0.4) is 0 Å². The highest BCUT2D eigenvalue weighted by Crippen LogP contribution is 2.18. The molecule has 1 aromatic carbocycles. The van der Waals surface area contributed by atoms with Crippen LogP contribution in [0.1, 0.15) is 21.6 Å². The highest BCUT2D eigenvalue weighted by atomic mass is 79.9. The molecule has 0 aliphatic heterocycles. The molecule has 0 unspecified atom stereocenters. The Morgan fingerprint density at radius 1 is 1.29 bits per heavy atom. The summed E-state index contributed by atoms with van der Waals surface area (Å²) in [6.07, 6.45) is 2.05. The van der Waals surface area contributed by atoms with Crippen molar-refractivity contribution in [1.82, 2.24) is 4.98 Å². The first kappa shape index (κ1) is 12.0. The third-order valence-electron chi connectivity index (χ3n) is 2.55. The maximum Gasteiger partial charge on any atom is 0.168 e. The van der Waals surface area contributed by atoms with Gasteiger partial charge in [0.05, 0.1) is 6.42 Å². The molecule has 0 atom stereocenters. The minimum atomic E-state index is 0.0966. The molecule has 0 amide bonds. The van der Waals surface area contributed by atoms with Gasteiger partial charge in [-0.1, -0.05) is 28.1 Å². The van der Waals surface area contributed by atoms with Crippen LogP contribution in [0.4, 0.5) is 0 Å². The second kappa shape index (κ2) is 5.23. The molecule has 0 spiro atoms. The van der Waals surface area contributed by atoms with Crippen molar-refractivity contribution >= 4 is 21.7 Å². The van der Waals surface area contributed by atoms with E-state index in [4.69, 9.17) is 0 Å². The number of aryl methyl sites for hydroxylation is 1. The van der Waals surface area contributed by atoms with E-state index in [2.05, 4.69) is 20.9 Å². The van der Waals surface area contributed by atoms with Gasteiger partial charge >= 0.3 is 0 Å². The van der Waals surface area contributed by atoms with Gasteiger partial charge in [0.15, 0.2) is 5.78 Å².